The molecule has 0 aromatic heterocycles. The predicted molar refractivity (Wildman–Crippen MR) is 107 cm³/mol. The Morgan fingerprint density at radius 2 is 2.12 bits per heavy atom. The van der Waals surface area contributed by atoms with Crippen LogP contribution in [0, 0.1) is 5.92 Å². The van der Waals surface area contributed by atoms with E-state index in [2.05, 4.69) is 43.0 Å². The average Bonchev–Trinajstić information content (AvgIpc) is 3.14. The molecule has 0 bridgehead atoms. The summed E-state index contributed by atoms with van der Waals surface area (Å²) in [5.41, 5.74) is 10.6. The van der Waals surface area contributed by atoms with E-state index in [4.69, 9.17) is 15.2 Å². The summed E-state index contributed by atoms with van der Waals surface area (Å²) in [5, 5.41) is 2.52. The second-order valence-corrected chi connectivity index (χ2v) is 7.29. The highest BCUT2D eigenvalue weighted by Crippen LogP contribution is 2.44. The van der Waals surface area contributed by atoms with E-state index in [-0.39, 0.29) is 18.1 Å². The van der Waals surface area contributed by atoms with E-state index < -0.39 is 0 Å². The molecule has 0 spiro atoms. The van der Waals surface area contributed by atoms with Gasteiger partial charge in [-0.3, -0.25) is 0 Å². The summed E-state index contributed by atoms with van der Waals surface area (Å²) in [6.07, 6.45) is 16.4. The maximum absolute atomic E-state index is 6.78. The summed E-state index contributed by atoms with van der Waals surface area (Å²) in [6, 6.07) is 2.01. The van der Waals surface area contributed by atoms with Crippen molar-refractivity contribution in [2.45, 2.75) is 37.3 Å². The molecule has 0 saturated heterocycles. The minimum Gasteiger partial charge on any atom is -0.496 e. The molecule has 26 heavy (non-hydrogen) atoms. The third-order valence-electron chi connectivity index (χ3n) is 6.06. The van der Waals surface area contributed by atoms with Crippen LogP contribution in [0.3, 0.4) is 0 Å². The fourth-order valence-electron chi connectivity index (χ4n) is 4.86. The molecule has 2 N–H and O–H groups in total. The van der Waals surface area contributed by atoms with Crippen LogP contribution in [0.2, 0.25) is 0 Å². The molecule has 3 aliphatic rings. The molecule has 3 nitrogen and oxygen atoms in total. The van der Waals surface area contributed by atoms with Crippen molar-refractivity contribution in [3.8, 4) is 5.75 Å². The van der Waals surface area contributed by atoms with Gasteiger partial charge < -0.3 is 15.2 Å². The van der Waals surface area contributed by atoms with Crippen LogP contribution < -0.4 is 20.9 Å². The van der Waals surface area contributed by atoms with Crippen molar-refractivity contribution in [3.05, 3.63) is 58.0 Å². The van der Waals surface area contributed by atoms with Gasteiger partial charge in [-0.05, 0) is 41.3 Å². The van der Waals surface area contributed by atoms with Gasteiger partial charge in [0.2, 0.25) is 0 Å². The first kappa shape index (κ1) is 17.3. The van der Waals surface area contributed by atoms with Gasteiger partial charge in [-0.2, -0.15) is 0 Å². The minimum atomic E-state index is -0.111. The molecule has 3 aliphatic carbocycles. The molecule has 1 aromatic carbocycles. The molecule has 0 aliphatic heterocycles. The van der Waals surface area contributed by atoms with Crippen molar-refractivity contribution in [3.63, 3.8) is 0 Å². The van der Waals surface area contributed by atoms with Gasteiger partial charge in [0.1, 0.15) is 5.75 Å². The van der Waals surface area contributed by atoms with E-state index in [0.717, 1.165) is 30.6 Å². The SMILES string of the molecule is C=Cc1c(OC)cc2c(c1C1C3C=CCCC3=CC(OC)C1N)=CCC=2. The first-order chi connectivity index (χ1) is 12.7. The Kier molecular flexibility index (Phi) is 4.60. The molecule has 3 heteroatoms. The minimum absolute atomic E-state index is 0.0670. The van der Waals surface area contributed by atoms with Crippen molar-refractivity contribution >= 4 is 18.2 Å². The van der Waals surface area contributed by atoms with Crippen molar-refractivity contribution in [1.29, 1.82) is 0 Å². The molecule has 0 fully saturated rings. The molecule has 0 saturated carbocycles. The molecule has 0 heterocycles. The van der Waals surface area contributed by atoms with Crippen molar-refractivity contribution in [2.24, 2.45) is 11.7 Å². The Labute approximate surface area is 155 Å². The van der Waals surface area contributed by atoms with Crippen LogP contribution in [0.1, 0.15) is 36.3 Å². The van der Waals surface area contributed by atoms with Crippen LogP contribution in [0.5, 0.6) is 5.75 Å². The topological polar surface area (TPSA) is 44.5 Å². The number of ether oxygens (including phenoxy) is 2. The van der Waals surface area contributed by atoms with Gasteiger partial charge in [0.15, 0.2) is 0 Å². The number of nitrogens with two attached hydrogens (primary N) is 1. The molecule has 4 atom stereocenters. The van der Waals surface area contributed by atoms with Gasteiger partial charge in [-0.25, -0.2) is 0 Å². The summed E-state index contributed by atoms with van der Waals surface area (Å²) >= 11 is 0. The number of benzene rings is 1. The zero-order chi connectivity index (χ0) is 18.3. The first-order valence-corrected chi connectivity index (χ1v) is 9.39. The lowest BCUT2D eigenvalue weighted by Crippen LogP contribution is -2.49. The highest BCUT2D eigenvalue weighted by atomic mass is 16.5. The smallest absolute Gasteiger partial charge is 0.126 e. The van der Waals surface area contributed by atoms with E-state index in [9.17, 15) is 0 Å². The van der Waals surface area contributed by atoms with Crippen molar-refractivity contribution in [1.82, 2.24) is 0 Å². The molecular formula is C23H27NO2. The highest BCUT2D eigenvalue weighted by molar-refractivity contribution is 5.66. The Bertz CT molecular complexity index is 909. The maximum atomic E-state index is 6.78. The Morgan fingerprint density at radius 1 is 1.27 bits per heavy atom. The summed E-state index contributed by atoms with van der Waals surface area (Å²) < 4.78 is 11.5. The van der Waals surface area contributed by atoms with Crippen LogP contribution in [0.15, 0.2) is 36.4 Å². The lowest BCUT2D eigenvalue weighted by atomic mass is 9.67. The van der Waals surface area contributed by atoms with Crippen molar-refractivity contribution < 1.29 is 9.47 Å². The van der Waals surface area contributed by atoms with E-state index in [1.807, 2.05) is 6.08 Å². The monoisotopic (exact) mass is 349 g/mol. The number of fused-ring (bicyclic) bond motifs is 2. The summed E-state index contributed by atoms with van der Waals surface area (Å²) in [4.78, 5) is 0. The van der Waals surface area contributed by atoms with E-state index in [0.29, 0.717) is 5.92 Å². The standard InChI is InChI=1S/C23H27NO2/c1-4-16-19(25-2)12-15-9-7-11-17(15)21(16)22-18-10-6-5-8-14(18)13-20(26-3)23(22)24/h4,6,9-13,18,20,22-23H,1,5,7-8,24H2,2-3H3. The van der Waals surface area contributed by atoms with E-state index in [1.54, 1.807) is 14.2 Å². The van der Waals surface area contributed by atoms with Gasteiger partial charge in [0, 0.05) is 30.6 Å². The van der Waals surface area contributed by atoms with E-state index >= 15 is 0 Å². The number of hydrogen-bond acceptors (Lipinski definition) is 3. The Balaban J connectivity index is 2.00. The van der Waals surface area contributed by atoms with Gasteiger partial charge in [0.05, 0.1) is 13.2 Å². The molecule has 4 unspecified atom stereocenters. The molecule has 4 rings (SSSR count). The van der Waals surface area contributed by atoms with Crippen LogP contribution in [-0.4, -0.2) is 26.4 Å². The zero-order valence-electron chi connectivity index (χ0n) is 15.6. The third-order valence-corrected chi connectivity index (χ3v) is 6.06. The molecule has 0 radical (unpaired) electrons. The maximum Gasteiger partial charge on any atom is 0.126 e. The Morgan fingerprint density at radius 3 is 2.85 bits per heavy atom. The predicted octanol–water partition coefficient (Wildman–Crippen LogP) is 2.64. The number of allylic oxidation sites excluding steroid dienone is 3. The molecular weight excluding hydrogens is 322 g/mol. The third kappa shape index (κ3) is 2.58. The Hall–Kier alpha value is -2.10. The second-order valence-electron chi connectivity index (χ2n) is 7.29. The van der Waals surface area contributed by atoms with Crippen LogP contribution in [0.4, 0.5) is 0 Å². The molecule has 136 valence electrons. The fourth-order valence-corrected chi connectivity index (χ4v) is 4.86. The fraction of sp³-hybridized carbons (Fsp3) is 0.391. The summed E-state index contributed by atoms with van der Waals surface area (Å²) in [5.74, 6) is 1.34. The lowest BCUT2D eigenvalue weighted by Gasteiger charge is -2.41. The van der Waals surface area contributed by atoms with Crippen LogP contribution in [-0.2, 0) is 4.74 Å². The number of hydrogen-bond donors (Lipinski definition) is 1. The molecule has 1 aromatic rings. The second kappa shape index (κ2) is 6.90. The molecule has 0 amide bonds. The number of rotatable bonds is 4. The van der Waals surface area contributed by atoms with Gasteiger partial charge in [0.25, 0.3) is 0 Å². The summed E-state index contributed by atoms with van der Waals surface area (Å²) in [7, 11) is 3.48. The lowest BCUT2D eigenvalue weighted by molar-refractivity contribution is 0.0956. The largest absolute Gasteiger partial charge is 0.496 e. The van der Waals surface area contributed by atoms with Gasteiger partial charge in [-0.1, -0.05) is 48.6 Å². The highest BCUT2D eigenvalue weighted by Gasteiger charge is 2.40. The summed E-state index contributed by atoms with van der Waals surface area (Å²) in [6.45, 7) is 4.08. The number of methoxy groups -OCH3 is 2. The van der Waals surface area contributed by atoms with E-state index in [1.165, 1.54) is 21.6 Å². The van der Waals surface area contributed by atoms with Gasteiger partial charge in [-0.15, -0.1) is 0 Å². The first-order valence-electron chi connectivity index (χ1n) is 9.39. The quantitative estimate of drug-likeness (QED) is 0.850. The van der Waals surface area contributed by atoms with Crippen LogP contribution in [0.25, 0.3) is 18.2 Å². The van der Waals surface area contributed by atoms with Gasteiger partial charge >= 0.3 is 0 Å². The van der Waals surface area contributed by atoms with Crippen molar-refractivity contribution in [2.75, 3.05) is 14.2 Å². The average molecular weight is 349 g/mol. The normalized spacial score (nSPS) is 29.1. The zero-order valence-corrected chi connectivity index (χ0v) is 15.6. The van der Waals surface area contributed by atoms with Crippen LogP contribution >= 0.6 is 0 Å².